The molecule has 0 aliphatic carbocycles. The van der Waals surface area contributed by atoms with Crippen LogP contribution in [0.15, 0.2) is 0 Å². The predicted molar refractivity (Wildman–Crippen MR) is 278 cm³/mol. The smallest absolute Gasteiger partial charge is 0.305 e. The van der Waals surface area contributed by atoms with E-state index in [1.807, 2.05) is 0 Å². The topological polar surface area (TPSA) is 95.9 Å². The van der Waals surface area contributed by atoms with Crippen molar-refractivity contribution in [1.82, 2.24) is 5.32 Å². The van der Waals surface area contributed by atoms with Gasteiger partial charge in [0.1, 0.15) is 0 Å². The largest absolute Gasteiger partial charge is 0.466 e. The molecule has 2 atom stereocenters. The first-order valence-electron chi connectivity index (χ1n) is 29.3. The lowest BCUT2D eigenvalue weighted by Gasteiger charge is -2.22. The Bertz CT molecular complexity index is 913. The fraction of sp³-hybridized carbons (Fsp3) is 0.966. The van der Waals surface area contributed by atoms with Crippen LogP contribution in [0, 0.1) is 0 Å². The lowest BCUT2D eigenvalue weighted by atomic mass is 10.0. The molecule has 0 aromatic rings. The minimum absolute atomic E-state index is 0.0152. The summed E-state index contributed by atoms with van der Waals surface area (Å²) in [5, 5.41) is 23.1. The number of esters is 1. The maximum atomic E-state index is 12.4. The lowest BCUT2D eigenvalue weighted by Crippen LogP contribution is -2.45. The van der Waals surface area contributed by atoms with Crippen molar-refractivity contribution in [3.63, 3.8) is 0 Å². The Balaban J connectivity index is 3.33. The Kier molecular flexibility index (Phi) is 53.5. The summed E-state index contributed by atoms with van der Waals surface area (Å²) in [5.74, 6) is -0.0215. The zero-order valence-corrected chi connectivity index (χ0v) is 43.5. The van der Waals surface area contributed by atoms with Crippen molar-refractivity contribution >= 4 is 11.9 Å². The Morgan fingerprint density at radius 2 is 0.641 bits per heavy atom. The number of unbranched alkanes of at least 4 members (excludes halogenated alkanes) is 44. The summed E-state index contributed by atoms with van der Waals surface area (Å²) >= 11 is 0. The zero-order chi connectivity index (χ0) is 46.5. The Hall–Kier alpha value is -1.14. The Labute approximate surface area is 400 Å². The molecule has 0 saturated heterocycles. The van der Waals surface area contributed by atoms with Gasteiger partial charge in [-0.2, -0.15) is 0 Å². The maximum absolute atomic E-state index is 12.4. The molecule has 6 nitrogen and oxygen atoms in total. The van der Waals surface area contributed by atoms with Crippen molar-refractivity contribution < 1.29 is 24.5 Å². The van der Waals surface area contributed by atoms with Crippen molar-refractivity contribution in [3.8, 4) is 0 Å². The Morgan fingerprint density at radius 3 is 0.953 bits per heavy atom. The quantitative estimate of drug-likeness (QED) is 0.0417. The van der Waals surface area contributed by atoms with Crippen molar-refractivity contribution in [2.75, 3.05) is 13.2 Å². The number of carbonyl (C=O) groups excluding carboxylic acids is 2. The first kappa shape index (κ1) is 62.9. The molecule has 0 bridgehead atoms. The normalized spacial score (nSPS) is 12.5. The molecule has 0 heterocycles. The molecule has 64 heavy (non-hydrogen) atoms. The van der Waals surface area contributed by atoms with Gasteiger partial charge in [0.25, 0.3) is 0 Å². The van der Waals surface area contributed by atoms with Crippen LogP contribution in [-0.2, 0) is 14.3 Å². The van der Waals surface area contributed by atoms with Gasteiger partial charge in [0, 0.05) is 12.8 Å². The van der Waals surface area contributed by atoms with Gasteiger partial charge < -0.3 is 20.3 Å². The number of hydrogen-bond donors (Lipinski definition) is 3. The summed E-state index contributed by atoms with van der Waals surface area (Å²) in [6.07, 6.45) is 62.5. The highest BCUT2D eigenvalue weighted by atomic mass is 16.5. The van der Waals surface area contributed by atoms with Gasteiger partial charge >= 0.3 is 5.97 Å². The average Bonchev–Trinajstić information content (AvgIpc) is 3.29. The summed E-state index contributed by atoms with van der Waals surface area (Å²) in [6, 6.07) is -0.539. The van der Waals surface area contributed by atoms with Crippen LogP contribution >= 0.6 is 0 Å². The molecule has 6 heteroatoms. The van der Waals surface area contributed by atoms with E-state index in [1.54, 1.807) is 0 Å². The van der Waals surface area contributed by atoms with Crippen LogP contribution in [0.3, 0.4) is 0 Å². The summed E-state index contributed by atoms with van der Waals surface area (Å²) in [4.78, 5) is 24.5. The van der Waals surface area contributed by atoms with Crippen LogP contribution in [0.25, 0.3) is 0 Å². The van der Waals surface area contributed by atoms with Crippen LogP contribution in [-0.4, -0.2) is 47.4 Å². The van der Waals surface area contributed by atoms with Crippen molar-refractivity contribution in [3.05, 3.63) is 0 Å². The molecule has 0 aliphatic heterocycles. The van der Waals surface area contributed by atoms with Crippen LogP contribution < -0.4 is 5.32 Å². The van der Waals surface area contributed by atoms with E-state index in [9.17, 15) is 19.8 Å². The molecular weight excluding hydrogens is 791 g/mol. The van der Waals surface area contributed by atoms with Gasteiger partial charge in [-0.05, 0) is 25.7 Å². The zero-order valence-electron chi connectivity index (χ0n) is 43.5. The molecule has 3 N–H and O–H groups in total. The fourth-order valence-electron chi connectivity index (χ4n) is 9.41. The van der Waals surface area contributed by atoms with E-state index in [-0.39, 0.29) is 18.5 Å². The molecule has 0 aromatic carbocycles. The molecule has 0 fully saturated rings. The van der Waals surface area contributed by atoms with Crippen LogP contribution in [0.4, 0.5) is 0 Å². The number of aliphatic hydroxyl groups excluding tert-OH is 2. The van der Waals surface area contributed by atoms with Gasteiger partial charge in [-0.3, -0.25) is 9.59 Å². The van der Waals surface area contributed by atoms with Crippen molar-refractivity contribution in [1.29, 1.82) is 0 Å². The number of nitrogens with one attached hydrogen (secondary N) is 1. The molecule has 2 unspecified atom stereocenters. The highest BCUT2D eigenvalue weighted by molar-refractivity contribution is 5.76. The molecule has 0 radical (unpaired) electrons. The van der Waals surface area contributed by atoms with Gasteiger partial charge in [-0.25, -0.2) is 0 Å². The van der Waals surface area contributed by atoms with Gasteiger partial charge in [0.15, 0.2) is 0 Å². The molecular formula is C58H115NO5. The second-order valence-corrected chi connectivity index (χ2v) is 20.3. The number of rotatable bonds is 55. The lowest BCUT2D eigenvalue weighted by molar-refractivity contribution is -0.143. The summed E-state index contributed by atoms with van der Waals surface area (Å²) in [6.45, 7) is 4.96. The van der Waals surface area contributed by atoms with Crippen LogP contribution in [0.2, 0.25) is 0 Å². The number of aliphatic hydroxyl groups is 2. The average molecular weight is 907 g/mol. The van der Waals surface area contributed by atoms with Crippen molar-refractivity contribution in [2.45, 2.75) is 347 Å². The van der Waals surface area contributed by atoms with E-state index in [2.05, 4.69) is 19.2 Å². The maximum Gasteiger partial charge on any atom is 0.305 e. The first-order chi connectivity index (χ1) is 31.5. The third-order valence-corrected chi connectivity index (χ3v) is 13.9. The third-order valence-electron chi connectivity index (χ3n) is 13.9. The number of ether oxygens (including phenoxy) is 1. The molecule has 0 aromatic heterocycles. The summed E-state index contributed by atoms with van der Waals surface area (Å²) in [5.41, 5.74) is 0. The molecule has 382 valence electrons. The Morgan fingerprint density at radius 1 is 0.375 bits per heavy atom. The van der Waals surface area contributed by atoms with Crippen molar-refractivity contribution in [2.24, 2.45) is 0 Å². The van der Waals surface area contributed by atoms with E-state index in [0.717, 1.165) is 38.5 Å². The van der Waals surface area contributed by atoms with Gasteiger partial charge in [0.05, 0.1) is 25.4 Å². The number of hydrogen-bond acceptors (Lipinski definition) is 5. The molecule has 0 spiro atoms. The van der Waals surface area contributed by atoms with Gasteiger partial charge in [0.2, 0.25) is 5.91 Å². The number of carbonyl (C=O) groups is 2. The fourth-order valence-corrected chi connectivity index (χ4v) is 9.41. The summed E-state index contributed by atoms with van der Waals surface area (Å²) < 4.78 is 5.49. The predicted octanol–water partition coefficient (Wildman–Crippen LogP) is 17.9. The van der Waals surface area contributed by atoms with E-state index < -0.39 is 12.1 Å². The SMILES string of the molecule is CCCCCCCCCCCCCCCCCCCC(=O)OCCCCCCCCCCCCCCCCCCCCCCC(=O)NC(CO)C(O)CCCCCCCCCCCC. The van der Waals surface area contributed by atoms with Crippen LogP contribution in [0.1, 0.15) is 335 Å². The summed E-state index contributed by atoms with van der Waals surface area (Å²) in [7, 11) is 0. The van der Waals surface area contributed by atoms with Gasteiger partial charge in [-0.1, -0.05) is 296 Å². The minimum Gasteiger partial charge on any atom is -0.466 e. The van der Waals surface area contributed by atoms with Crippen LogP contribution in [0.5, 0.6) is 0 Å². The van der Waals surface area contributed by atoms with E-state index in [0.29, 0.717) is 25.9 Å². The second kappa shape index (κ2) is 54.5. The highest BCUT2D eigenvalue weighted by Gasteiger charge is 2.20. The minimum atomic E-state index is -0.662. The molecule has 0 saturated carbocycles. The molecule has 0 rings (SSSR count). The monoisotopic (exact) mass is 906 g/mol. The second-order valence-electron chi connectivity index (χ2n) is 20.3. The van der Waals surface area contributed by atoms with Gasteiger partial charge in [-0.15, -0.1) is 0 Å². The van der Waals surface area contributed by atoms with E-state index in [4.69, 9.17) is 4.74 Å². The standard InChI is InChI=1S/C58H115NO5/c1-3-5-7-9-11-13-15-16-17-22-26-29-32-36-40-44-48-52-58(63)64-53-49-45-41-37-33-30-27-24-21-19-18-20-23-25-28-31-35-39-43-47-51-57(62)59-55(54-60)56(61)50-46-42-38-34-14-12-10-8-6-4-2/h55-56,60-61H,3-54H2,1-2H3,(H,59,62). The first-order valence-corrected chi connectivity index (χ1v) is 29.3. The van der Waals surface area contributed by atoms with E-state index >= 15 is 0 Å². The highest BCUT2D eigenvalue weighted by Crippen LogP contribution is 2.18. The third kappa shape index (κ3) is 50.3. The van der Waals surface area contributed by atoms with E-state index in [1.165, 1.54) is 263 Å². The molecule has 1 amide bonds. The molecule has 0 aliphatic rings. The number of amides is 1.